The van der Waals surface area contributed by atoms with E-state index in [1.807, 2.05) is 0 Å². The van der Waals surface area contributed by atoms with Crippen molar-refractivity contribution in [3.05, 3.63) is 41.0 Å². The number of rotatable bonds is 3. The second-order valence-corrected chi connectivity index (χ2v) is 8.50. The van der Waals surface area contributed by atoms with Gasteiger partial charge in [-0.15, -0.1) is 0 Å². The molecule has 2 aromatic rings. The number of aromatic amines is 1. The molecule has 0 saturated heterocycles. The van der Waals surface area contributed by atoms with Crippen molar-refractivity contribution in [2.24, 2.45) is 0 Å². The summed E-state index contributed by atoms with van der Waals surface area (Å²) in [6.45, 7) is 0.231. The molecule has 26 heavy (non-hydrogen) atoms. The molecule has 6 nitrogen and oxygen atoms in total. The number of nitrogens with one attached hydrogen (secondary N) is 1. The summed E-state index contributed by atoms with van der Waals surface area (Å²) in [4.78, 5) is 2.47. The third kappa shape index (κ3) is 3.01. The van der Waals surface area contributed by atoms with E-state index < -0.39 is 26.8 Å². The lowest BCUT2D eigenvalue weighted by Gasteiger charge is -2.21. The van der Waals surface area contributed by atoms with Crippen LogP contribution in [-0.4, -0.2) is 41.0 Å². The number of hydrogen-bond acceptors (Lipinski definition) is 4. The van der Waals surface area contributed by atoms with Gasteiger partial charge in [0, 0.05) is 37.3 Å². The molecule has 3 heterocycles. The summed E-state index contributed by atoms with van der Waals surface area (Å²) in [6.07, 6.45) is -0.895. The molecule has 2 aromatic heterocycles. The highest BCUT2D eigenvalue weighted by molar-refractivity contribution is 7.89. The predicted octanol–water partition coefficient (Wildman–Crippen LogP) is 2.49. The quantitative estimate of drug-likeness (QED) is 0.879. The molecule has 0 unspecified atom stereocenters. The lowest BCUT2D eigenvalue weighted by atomic mass is 10.1. The number of nitrogens with zero attached hydrogens (tertiary/aromatic N) is 3. The first-order valence-electron chi connectivity index (χ1n) is 8.37. The van der Waals surface area contributed by atoms with E-state index in [1.54, 1.807) is 0 Å². The molecule has 0 aromatic carbocycles. The minimum Gasteiger partial charge on any atom is -0.282 e. The highest BCUT2D eigenvalue weighted by Gasteiger charge is 2.41. The minimum absolute atomic E-state index is 0.105. The van der Waals surface area contributed by atoms with Gasteiger partial charge in [0.2, 0.25) is 10.0 Å². The Hall–Kier alpha value is -1.94. The average molecular weight is 386 g/mol. The number of alkyl halides is 3. The number of sulfonamides is 1. The number of hydrogen-bond donors (Lipinski definition) is 1. The van der Waals surface area contributed by atoms with Gasteiger partial charge in [0.25, 0.3) is 0 Å². The Bertz CT molecular complexity index is 935. The standard InChI is InChI=1S/C16H17F3N4O2S/c17-16(18,19)15-13(2-1-7-20-15)26(24,25)23-8-5-11-12(6-9-23)21-22-14(11)10-3-4-10/h1-2,7,10H,3-6,8-9H2,(H,21,22). The molecule has 0 bridgehead atoms. The monoisotopic (exact) mass is 386 g/mol. The zero-order chi connectivity index (χ0) is 18.5. The summed E-state index contributed by atoms with van der Waals surface area (Å²) < 4.78 is 66.4. The van der Waals surface area contributed by atoms with Crippen LogP contribution in [0.25, 0.3) is 0 Å². The topological polar surface area (TPSA) is 79.0 Å². The highest BCUT2D eigenvalue weighted by atomic mass is 32.2. The molecule has 0 spiro atoms. The fourth-order valence-electron chi connectivity index (χ4n) is 3.37. The van der Waals surface area contributed by atoms with Crippen molar-refractivity contribution in [2.75, 3.05) is 13.1 Å². The van der Waals surface area contributed by atoms with E-state index in [0.717, 1.165) is 46.4 Å². The molecular formula is C16H17F3N4O2S. The van der Waals surface area contributed by atoms with Crippen molar-refractivity contribution >= 4 is 10.0 Å². The summed E-state index contributed by atoms with van der Waals surface area (Å²) in [6, 6.07) is 2.17. The summed E-state index contributed by atoms with van der Waals surface area (Å²) in [5, 5.41) is 7.31. The Kier molecular flexibility index (Phi) is 4.07. The Morgan fingerprint density at radius 3 is 2.62 bits per heavy atom. The fraction of sp³-hybridized carbons (Fsp3) is 0.500. The van der Waals surface area contributed by atoms with E-state index in [2.05, 4.69) is 15.2 Å². The number of H-pyrrole nitrogens is 1. The number of fused-ring (bicyclic) bond motifs is 1. The molecule has 0 atom stereocenters. The highest BCUT2D eigenvalue weighted by Crippen LogP contribution is 2.42. The number of pyridine rings is 1. The summed E-state index contributed by atoms with van der Waals surface area (Å²) in [7, 11) is -4.30. The number of halogens is 3. The van der Waals surface area contributed by atoms with E-state index >= 15 is 0 Å². The van der Waals surface area contributed by atoms with Crippen LogP contribution in [0.4, 0.5) is 13.2 Å². The van der Waals surface area contributed by atoms with E-state index in [9.17, 15) is 21.6 Å². The maximum Gasteiger partial charge on any atom is 0.434 e. The summed E-state index contributed by atoms with van der Waals surface area (Å²) >= 11 is 0. The molecule has 1 fully saturated rings. The first kappa shape index (κ1) is 17.5. The maximum absolute atomic E-state index is 13.2. The van der Waals surface area contributed by atoms with Gasteiger partial charge in [0.05, 0.1) is 5.69 Å². The van der Waals surface area contributed by atoms with Gasteiger partial charge in [-0.1, -0.05) is 0 Å². The van der Waals surface area contributed by atoms with Gasteiger partial charge in [0.15, 0.2) is 5.69 Å². The third-order valence-electron chi connectivity index (χ3n) is 4.83. The zero-order valence-electron chi connectivity index (χ0n) is 13.8. The van der Waals surface area contributed by atoms with Gasteiger partial charge < -0.3 is 0 Å². The van der Waals surface area contributed by atoms with E-state index in [-0.39, 0.29) is 13.1 Å². The van der Waals surface area contributed by atoms with Crippen LogP contribution in [0.3, 0.4) is 0 Å². The first-order chi connectivity index (χ1) is 12.3. The lowest BCUT2D eigenvalue weighted by Crippen LogP contribution is -2.35. The Morgan fingerprint density at radius 2 is 1.92 bits per heavy atom. The molecule has 1 aliphatic heterocycles. The Balaban J connectivity index is 1.64. The van der Waals surface area contributed by atoms with Crippen molar-refractivity contribution in [2.45, 2.75) is 42.7 Å². The average Bonchev–Trinajstić information content (AvgIpc) is 3.39. The van der Waals surface area contributed by atoms with Gasteiger partial charge in [-0.3, -0.25) is 10.1 Å². The van der Waals surface area contributed by atoms with Crippen molar-refractivity contribution < 1.29 is 21.6 Å². The van der Waals surface area contributed by atoms with Gasteiger partial charge >= 0.3 is 6.18 Å². The Labute approximate surface area is 148 Å². The maximum atomic E-state index is 13.2. The second kappa shape index (κ2) is 6.05. The summed E-state index contributed by atoms with van der Waals surface area (Å²) in [5.41, 5.74) is 1.51. The molecule has 4 rings (SSSR count). The lowest BCUT2D eigenvalue weighted by molar-refractivity contribution is -0.143. The largest absolute Gasteiger partial charge is 0.434 e. The van der Waals surface area contributed by atoms with Crippen molar-refractivity contribution in [1.82, 2.24) is 19.5 Å². The molecule has 0 amide bonds. The first-order valence-corrected chi connectivity index (χ1v) is 9.81. The van der Waals surface area contributed by atoms with E-state index in [4.69, 9.17) is 0 Å². The van der Waals surface area contributed by atoms with Crippen LogP contribution in [0, 0.1) is 0 Å². The molecule has 1 aliphatic carbocycles. The van der Waals surface area contributed by atoms with Crippen LogP contribution in [-0.2, 0) is 29.0 Å². The minimum atomic E-state index is -4.83. The predicted molar refractivity (Wildman–Crippen MR) is 86.0 cm³/mol. The molecule has 1 N–H and O–H groups in total. The van der Waals surface area contributed by atoms with Crippen molar-refractivity contribution in [3.8, 4) is 0 Å². The normalized spacial score (nSPS) is 19.2. The van der Waals surface area contributed by atoms with Crippen LogP contribution < -0.4 is 0 Å². The number of aromatic nitrogens is 3. The SMILES string of the molecule is O=S(=O)(c1cccnc1C(F)(F)F)N1CCc2[nH]nc(C3CC3)c2CC1. The molecule has 2 aliphatic rings. The molecule has 1 saturated carbocycles. The second-order valence-electron chi connectivity index (χ2n) is 6.59. The Morgan fingerprint density at radius 1 is 1.19 bits per heavy atom. The van der Waals surface area contributed by atoms with E-state index in [1.165, 1.54) is 6.07 Å². The fourth-order valence-corrected chi connectivity index (χ4v) is 4.98. The van der Waals surface area contributed by atoms with E-state index in [0.29, 0.717) is 18.8 Å². The van der Waals surface area contributed by atoms with Crippen LogP contribution in [0.1, 0.15) is 41.4 Å². The molecule has 10 heteroatoms. The zero-order valence-corrected chi connectivity index (χ0v) is 14.6. The smallest absolute Gasteiger partial charge is 0.282 e. The van der Waals surface area contributed by atoms with Gasteiger partial charge in [-0.25, -0.2) is 8.42 Å². The van der Waals surface area contributed by atoms with Crippen LogP contribution >= 0.6 is 0 Å². The van der Waals surface area contributed by atoms with Crippen LogP contribution in [0.2, 0.25) is 0 Å². The molecule has 0 radical (unpaired) electrons. The van der Waals surface area contributed by atoms with Crippen molar-refractivity contribution in [3.63, 3.8) is 0 Å². The van der Waals surface area contributed by atoms with Gasteiger partial charge in [0.1, 0.15) is 4.90 Å². The van der Waals surface area contributed by atoms with Gasteiger partial charge in [-0.05, 0) is 37.0 Å². The summed E-state index contributed by atoms with van der Waals surface area (Å²) in [5.74, 6) is 0.424. The molecule has 140 valence electrons. The van der Waals surface area contributed by atoms with Crippen molar-refractivity contribution in [1.29, 1.82) is 0 Å². The molecular weight excluding hydrogens is 369 g/mol. The van der Waals surface area contributed by atoms with Gasteiger partial charge in [-0.2, -0.15) is 22.6 Å². The third-order valence-corrected chi connectivity index (χ3v) is 6.76. The van der Waals surface area contributed by atoms with Crippen LogP contribution in [0.15, 0.2) is 23.2 Å². The van der Waals surface area contributed by atoms with Crippen LogP contribution in [0.5, 0.6) is 0 Å².